The van der Waals surface area contributed by atoms with E-state index in [0.29, 0.717) is 18.1 Å². The molecule has 0 unspecified atom stereocenters. The Bertz CT molecular complexity index is 747. The summed E-state index contributed by atoms with van der Waals surface area (Å²) in [6.07, 6.45) is 8.82. The molecule has 1 aliphatic carbocycles. The van der Waals surface area contributed by atoms with Gasteiger partial charge in [0.25, 0.3) is 0 Å². The standard InChI is InChI=1S/C19H27ClN2O3S/c1-26(24,25)22(13-11-16-7-3-2-4-8-16)14-12-19(23)21-15-17-9-5-6-10-18(17)20/h5-7,9-10H,2-4,8,11-15H2,1H3,(H,21,23). The second kappa shape index (κ2) is 10.1. The Hall–Kier alpha value is -1.37. The van der Waals surface area contributed by atoms with E-state index in [2.05, 4.69) is 11.4 Å². The van der Waals surface area contributed by atoms with Crippen molar-refractivity contribution in [1.29, 1.82) is 0 Å². The van der Waals surface area contributed by atoms with E-state index in [1.165, 1.54) is 29.0 Å². The Morgan fingerprint density at radius 2 is 2.00 bits per heavy atom. The number of amides is 1. The first-order valence-corrected chi connectivity index (χ1v) is 11.2. The van der Waals surface area contributed by atoms with E-state index < -0.39 is 10.0 Å². The van der Waals surface area contributed by atoms with Crippen molar-refractivity contribution >= 4 is 27.5 Å². The number of sulfonamides is 1. The highest BCUT2D eigenvalue weighted by Gasteiger charge is 2.18. The first-order chi connectivity index (χ1) is 12.4. The van der Waals surface area contributed by atoms with Crippen molar-refractivity contribution in [1.82, 2.24) is 9.62 Å². The fourth-order valence-electron chi connectivity index (χ4n) is 2.99. The van der Waals surface area contributed by atoms with Gasteiger partial charge < -0.3 is 5.32 Å². The molecule has 1 aromatic rings. The Labute approximate surface area is 161 Å². The number of nitrogens with zero attached hydrogens (tertiary/aromatic N) is 1. The lowest BCUT2D eigenvalue weighted by molar-refractivity contribution is -0.121. The number of hydrogen-bond acceptors (Lipinski definition) is 3. The first-order valence-electron chi connectivity index (χ1n) is 8.99. The molecule has 26 heavy (non-hydrogen) atoms. The molecule has 1 aliphatic rings. The van der Waals surface area contributed by atoms with Crippen LogP contribution in [-0.4, -0.2) is 38.0 Å². The van der Waals surface area contributed by atoms with Gasteiger partial charge in [-0.05, 0) is 43.7 Å². The third-order valence-corrected chi connectivity index (χ3v) is 6.23. The quantitative estimate of drug-likeness (QED) is 0.647. The molecule has 2 rings (SSSR count). The molecule has 1 amide bonds. The number of nitrogens with one attached hydrogen (secondary N) is 1. The van der Waals surface area contributed by atoms with Crippen molar-refractivity contribution < 1.29 is 13.2 Å². The van der Waals surface area contributed by atoms with Crippen LogP contribution in [0.25, 0.3) is 0 Å². The average molecular weight is 399 g/mol. The van der Waals surface area contributed by atoms with Crippen LogP contribution in [0.1, 0.15) is 44.1 Å². The van der Waals surface area contributed by atoms with Gasteiger partial charge in [0.2, 0.25) is 15.9 Å². The van der Waals surface area contributed by atoms with E-state index >= 15 is 0 Å². The van der Waals surface area contributed by atoms with E-state index in [0.717, 1.165) is 24.8 Å². The van der Waals surface area contributed by atoms with E-state index in [1.54, 1.807) is 6.07 Å². The number of rotatable bonds is 9. The third kappa shape index (κ3) is 7.09. The SMILES string of the molecule is CS(=O)(=O)N(CCC(=O)NCc1ccccc1Cl)CCC1=CCCCC1. The van der Waals surface area contributed by atoms with E-state index in [1.807, 2.05) is 18.2 Å². The predicted molar refractivity (Wildman–Crippen MR) is 106 cm³/mol. The Morgan fingerprint density at radius 3 is 2.65 bits per heavy atom. The van der Waals surface area contributed by atoms with Crippen LogP contribution in [0.2, 0.25) is 5.02 Å². The van der Waals surface area contributed by atoms with E-state index in [-0.39, 0.29) is 18.9 Å². The fraction of sp³-hybridized carbons (Fsp3) is 0.526. The summed E-state index contributed by atoms with van der Waals surface area (Å²) in [6, 6.07) is 7.32. The highest BCUT2D eigenvalue weighted by Crippen LogP contribution is 2.21. The van der Waals surface area contributed by atoms with Gasteiger partial charge in [-0.2, -0.15) is 0 Å². The topological polar surface area (TPSA) is 66.5 Å². The van der Waals surface area contributed by atoms with E-state index in [9.17, 15) is 13.2 Å². The molecule has 7 heteroatoms. The van der Waals surface area contributed by atoms with Crippen molar-refractivity contribution in [3.8, 4) is 0 Å². The lowest BCUT2D eigenvalue weighted by atomic mass is 9.97. The number of benzene rings is 1. The summed E-state index contributed by atoms with van der Waals surface area (Å²) >= 11 is 6.07. The van der Waals surface area contributed by atoms with Gasteiger partial charge in [-0.25, -0.2) is 12.7 Å². The fourth-order valence-corrected chi connectivity index (χ4v) is 4.04. The Balaban J connectivity index is 1.81. The monoisotopic (exact) mass is 398 g/mol. The number of allylic oxidation sites excluding steroid dienone is 1. The summed E-state index contributed by atoms with van der Waals surface area (Å²) in [4.78, 5) is 12.1. The molecule has 5 nitrogen and oxygen atoms in total. The van der Waals surface area contributed by atoms with Gasteiger partial charge in [0, 0.05) is 31.1 Å². The molecule has 0 aliphatic heterocycles. The van der Waals surface area contributed by atoms with Gasteiger partial charge in [0.15, 0.2) is 0 Å². The lowest BCUT2D eigenvalue weighted by Gasteiger charge is -2.21. The minimum absolute atomic E-state index is 0.135. The zero-order valence-electron chi connectivity index (χ0n) is 15.2. The minimum atomic E-state index is -3.33. The van der Waals surface area contributed by atoms with Crippen LogP contribution in [0.3, 0.4) is 0 Å². The Kier molecular flexibility index (Phi) is 8.13. The maximum absolute atomic E-state index is 12.1. The summed E-state index contributed by atoms with van der Waals surface area (Å²) in [7, 11) is -3.33. The predicted octanol–water partition coefficient (Wildman–Crippen LogP) is 3.50. The molecule has 0 aromatic heterocycles. The molecule has 0 saturated heterocycles. The zero-order chi connectivity index (χ0) is 19.0. The molecule has 1 N–H and O–H groups in total. The van der Waals surface area contributed by atoms with Crippen LogP contribution in [-0.2, 0) is 21.4 Å². The summed E-state index contributed by atoms with van der Waals surface area (Å²) in [5.74, 6) is -0.185. The minimum Gasteiger partial charge on any atom is -0.352 e. The van der Waals surface area contributed by atoms with Gasteiger partial charge in [0.05, 0.1) is 6.26 Å². The highest BCUT2D eigenvalue weighted by molar-refractivity contribution is 7.88. The first kappa shape index (κ1) is 20.9. The number of halogens is 1. The van der Waals surface area contributed by atoms with Crippen LogP contribution in [0, 0.1) is 0 Å². The summed E-state index contributed by atoms with van der Waals surface area (Å²) in [6.45, 7) is 0.965. The molecule has 0 saturated carbocycles. The summed E-state index contributed by atoms with van der Waals surface area (Å²) in [5.41, 5.74) is 2.17. The van der Waals surface area contributed by atoms with Gasteiger partial charge in [0.1, 0.15) is 0 Å². The van der Waals surface area contributed by atoms with Crippen molar-refractivity contribution in [2.24, 2.45) is 0 Å². The number of hydrogen-bond donors (Lipinski definition) is 1. The van der Waals surface area contributed by atoms with E-state index in [4.69, 9.17) is 11.6 Å². The molecular formula is C19H27ClN2O3S. The summed E-state index contributed by atoms with van der Waals surface area (Å²) in [5, 5.41) is 3.40. The van der Waals surface area contributed by atoms with Crippen LogP contribution in [0.5, 0.6) is 0 Å². The lowest BCUT2D eigenvalue weighted by Crippen LogP contribution is -2.35. The molecule has 0 spiro atoms. The number of carbonyl (C=O) groups excluding carboxylic acids is 1. The van der Waals surface area contributed by atoms with Crippen LogP contribution in [0.4, 0.5) is 0 Å². The zero-order valence-corrected chi connectivity index (χ0v) is 16.8. The molecule has 0 bridgehead atoms. The molecule has 0 radical (unpaired) electrons. The molecule has 0 atom stereocenters. The normalized spacial score (nSPS) is 15.0. The van der Waals surface area contributed by atoms with Crippen molar-refractivity contribution in [2.75, 3.05) is 19.3 Å². The second-order valence-corrected chi connectivity index (χ2v) is 9.03. The molecule has 0 heterocycles. The van der Waals surface area contributed by atoms with Crippen LogP contribution in [0.15, 0.2) is 35.9 Å². The van der Waals surface area contributed by atoms with Gasteiger partial charge >= 0.3 is 0 Å². The van der Waals surface area contributed by atoms with Gasteiger partial charge in [-0.3, -0.25) is 4.79 Å². The van der Waals surface area contributed by atoms with Crippen molar-refractivity contribution in [3.05, 3.63) is 46.5 Å². The maximum atomic E-state index is 12.1. The molecular weight excluding hydrogens is 372 g/mol. The van der Waals surface area contributed by atoms with Crippen LogP contribution >= 0.6 is 11.6 Å². The smallest absolute Gasteiger partial charge is 0.221 e. The highest BCUT2D eigenvalue weighted by atomic mass is 35.5. The second-order valence-electron chi connectivity index (χ2n) is 6.64. The Morgan fingerprint density at radius 1 is 1.23 bits per heavy atom. The van der Waals surface area contributed by atoms with Crippen molar-refractivity contribution in [3.63, 3.8) is 0 Å². The molecule has 0 fully saturated rings. The van der Waals surface area contributed by atoms with Gasteiger partial charge in [-0.15, -0.1) is 0 Å². The van der Waals surface area contributed by atoms with Gasteiger partial charge in [-0.1, -0.05) is 41.4 Å². The summed E-state index contributed by atoms with van der Waals surface area (Å²) < 4.78 is 25.4. The third-order valence-electron chi connectivity index (χ3n) is 4.56. The van der Waals surface area contributed by atoms with Crippen LogP contribution < -0.4 is 5.32 Å². The van der Waals surface area contributed by atoms with Crippen molar-refractivity contribution in [2.45, 2.75) is 45.1 Å². The number of carbonyl (C=O) groups is 1. The maximum Gasteiger partial charge on any atom is 0.221 e. The largest absolute Gasteiger partial charge is 0.352 e. The molecule has 1 aromatic carbocycles. The molecule has 144 valence electrons. The average Bonchev–Trinajstić information content (AvgIpc) is 2.60.